The fourth-order valence-corrected chi connectivity index (χ4v) is 2.54. The van der Waals surface area contributed by atoms with E-state index in [1.807, 2.05) is 17.0 Å². The van der Waals surface area contributed by atoms with E-state index in [2.05, 4.69) is 12.2 Å². The normalized spacial score (nSPS) is 18.0. The maximum atomic E-state index is 12.3. The number of carbonyl (C=O) groups is 1. The molecule has 1 aliphatic heterocycles. The zero-order valence-corrected chi connectivity index (χ0v) is 12.5. The Bertz CT molecular complexity index is 447. The highest BCUT2D eigenvalue weighted by molar-refractivity contribution is 6.30. The summed E-state index contributed by atoms with van der Waals surface area (Å²) in [6.07, 6.45) is 1.97. The number of carbonyl (C=O) groups excluding carboxylic acids is 1. The molecule has 0 aromatic heterocycles. The number of amides is 2. The molecule has 0 aliphatic carbocycles. The minimum absolute atomic E-state index is 0.0685. The molecule has 0 bridgehead atoms. The van der Waals surface area contributed by atoms with Crippen LogP contribution in [-0.2, 0) is 4.74 Å². The largest absolute Gasteiger partial charge is 0.381 e. The van der Waals surface area contributed by atoms with Crippen molar-refractivity contribution in [2.75, 3.05) is 31.6 Å². The van der Waals surface area contributed by atoms with Crippen LogP contribution in [0.5, 0.6) is 0 Å². The molecule has 5 heteroatoms. The predicted molar refractivity (Wildman–Crippen MR) is 81.3 cm³/mol. The minimum atomic E-state index is -0.0685. The van der Waals surface area contributed by atoms with Crippen LogP contribution in [0, 0.1) is 5.92 Å². The maximum Gasteiger partial charge on any atom is 0.321 e. The fourth-order valence-electron chi connectivity index (χ4n) is 2.35. The summed E-state index contributed by atoms with van der Waals surface area (Å²) >= 11 is 5.93. The van der Waals surface area contributed by atoms with Crippen LogP contribution >= 0.6 is 11.6 Å². The second-order valence-electron chi connectivity index (χ2n) is 5.12. The van der Waals surface area contributed by atoms with Crippen molar-refractivity contribution in [3.8, 4) is 0 Å². The van der Waals surface area contributed by atoms with Crippen LogP contribution < -0.4 is 5.32 Å². The van der Waals surface area contributed by atoms with Gasteiger partial charge in [0.2, 0.25) is 0 Å². The van der Waals surface area contributed by atoms with Gasteiger partial charge in [0, 0.05) is 36.3 Å². The van der Waals surface area contributed by atoms with Crippen molar-refractivity contribution in [1.82, 2.24) is 4.90 Å². The minimum Gasteiger partial charge on any atom is -0.381 e. The molecule has 20 heavy (non-hydrogen) atoms. The molecule has 1 N–H and O–H groups in total. The molecule has 1 atom stereocenters. The number of rotatable bonds is 5. The second-order valence-corrected chi connectivity index (χ2v) is 5.55. The lowest BCUT2D eigenvalue weighted by Gasteiger charge is -2.25. The third kappa shape index (κ3) is 4.39. The summed E-state index contributed by atoms with van der Waals surface area (Å²) in [4.78, 5) is 14.2. The van der Waals surface area contributed by atoms with Crippen LogP contribution in [0.15, 0.2) is 24.3 Å². The molecule has 1 aliphatic rings. The number of ether oxygens (including phenoxy) is 1. The summed E-state index contributed by atoms with van der Waals surface area (Å²) in [5.41, 5.74) is 0.728. The molecule has 0 saturated carbocycles. The molecular weight excluding hydrogens is 276 g/mol. The number of nitrogens with one attached hydrogen (secondary N) is 1. The van der Waals surface area contributed by atoms with E-state index < -0.39 is 0 Å². The highest BCUT2D eigenvalue weighted by Crippen LogP contribution is 2.17. The number of urea groups is 1. The van der Waals surface area contributed by atoms with Gasteiger partial charge in [0.1, 0.15) is 0 Å². The van der Waals surface area contributed by atoms with E-state index in [-0.39, 0.29) is 6.03 Å². The lowest BCUT2D eigenvalue weighted by molar-refractivity contribution is 0.169. The van der Waals surface area contributed by atoms with Crippen molar-refractivity contribution in [2.24, 2.45) is 5.92 Å². The number of hydrogen-bond donors (Lipinski definition) is 1. The van der Waals surface area contributed by atoms with E-state index in [4.69, 9.17) is 16.3 Å². The molecule has 2 rings (SSSR count). The topological polar surface area (TPSA) is 41.6 Å². The van der Waals surface area contributed by atoms with Crippen LogP contribution in [0.25, 0.3) is 0 Å². The Balaban J connectivity index is 1.95. The first-order chi connectivity index (χ1) is 9.69. The SMILES string of the molecule is CCCN(CC1CCOC1)C(=O)Nc1cccc(Cl)c1. The van der Waals surface area contributed by atoms with Gasteiger partial charge >= 0.3 is 6.03 Å². The molecule has 1 unspecified atom stereocenters. The highest BCUT2D eigenvalue weighted by atomic mass is 35.5. The van der Waals surface area contributed by atoms with Gasteiger partial charge in [0.15, 0.2) is 0 Å². The Morgan fingerprint density at radius 2 is 2.40 bits per heavy atom. The summed E-state index contributed by atoms with van der Waals surface area (Å²) in [6, 6.07) is 7.14. The molecule has 0 radical (unpaired) electrons. The molecule has 110 valence electrons. The Hall–Kier alpha value is -1.26. The predicted octanol–water partition coefficient (Wildman–Crippen LogP) is 3.62. The Morgan fingerprint density at radius 3 is 3.05 bits per heavy atom. The van der Waals surface area contributed by atoms with E-state index in [1.54, 1.807) is 12.1 Å². The first-order valence-electron chi connectivity index (χ1n) is 7.08. The van der Waals surface area contributed by atoms with Crippen molar-refractivity contribution in [2.45, 2.75) is 19.8 Å². The van der Waals surface area contributed by atoms with E-state index in [0.29, 0.717) is 10.9 Å². The summed E-state index contributed by atoms with van der Waals surface area (Å²) < 4.78 is 5.37. The Kier molecular flexibility index (Phi) is 5.68. The zero-order valence-electron chi connectivity index (χ0n) is 11.8. The highest BCUT2D eigenvalue weighted by Gasteiger charge is 2.22. The van der Waals surface area contributed by atoms with Gasteiger partial charge < -0.3 is 15.0 Å². The second kappa shape index (κ2) is 7.50. The molecule has 1 saturated heterocycles. The zero-order chi connectivity index (χ0) is 14.4. The third-order valence-corrected chi connectivity index (χ3v) is 3.59. The van der Waals surface area contributed by atoms with Gasteiger partial charge in [-0.25, -0.2) is 4.79 Å². The van der Waals surface area contributed by atoms with E-state index in [1.165, 1.54) is 0 Å². The van der Waals surface area contributed by atoms with Crippen LogP contribution in [-0.4, -0.2) is 37.2 Å². The van der Waals surface area contributed by atoms with Gasteiger partial charge in [-0.05, 0) is 31.0 Å². The van der Waals surface area contributed by atoms with Gasteiger partial charge in [-0.2, -0.15) is 0 Å². The first-order valence-corrected chi connectivity index (χ1v) is 7.46. The van der Waals surface area contributed by atoms with Crippen LogP contribution in [0.2, 0.25) is 5.02 Å². The van der Waals surface area contributed by atoms with Gasteiger partial charge in [-0.15, -0.1) is 0 Å². The quantitative estimate of drug-likeness (QED) is 0.901. The van der Waals surface area contributed by atoms with Crippen molar-refractivity contribution in [3.63, 3.8) is 0 Å². The first kappa shape index (κ1) is 15.1. The average Bonchev–Trinajstić information content (AvgIpc) is 2.91. The lowest BCUT2D eigenvalue weighted by atomic mass is 10.1. The third-order valence-electron chi connectivity index (χ3n) is 3.36. The van der Waals surface area contributed by atoms with Gasteiger partial charge in [-0.1, -0.05) is 24.6 Å². The Morgan fingerprint density at radius 1 is 1.55 bits per heavy atom. The van der Waals surface area contributed by atoms with Crippen molar-refractivity contribution < 1.29 is 9.53 Å². The number of nitrogens with zero attached hydrogens (tertiary/aromatic N) is 1. The van der Waals surface area contributed by atoms with Crippen molar-refractivity contribution >= 4 is 23.3 Å². The molecular formula is C15H21ClN2O2. The summed E-state index contributed by atoms with van der Waals surface area (Å²) in [7, 11) is 0. The average molecular weight is 297 g/mol. The molecule has 2 amide bonds. The molecule has 1 fully saturated rings. The number of anilines is 1. The standard InChI is InChI=1S/C15H21ClN2O2/c1-2-7-18(10-12-6-8-20-11-12)15(19)17-14-5-3-4-13(16)9-14/h3-5,9,12H,2,6-8,10-11H2,1H3,(H,17,19). The van der Waals surface area contributed by atoms with Crippen LogP contribution in [0.1, 0.15) is 19.8 Å². The smallest absolute Gasteiger partial charge is 0.321 e. The molecule has 1 heterocycles. The molecule has 4 nitrogen and oxygen atoms in total. The van der Waals surface area contributed by atoms with Crippen LogP contribution in [0.3, 0.4) is 0 Å². The Labute approximate surface area is 125 Å². The van der Waals surface area contributed by atoms with Gasteiger partial charge in [0.05, 0.1) is 6.61 Å². The maximum absolute atomic E-state index is 12.3. The van der Waals surface area contributed by atoms with Gasteiger partial charge in [0.25, 0.3) is 0 Å². The molecule has 0 spiro atoms. The lowest BCUT2D eigenvalue weighted by Crippen LogP contribution is -2.39. The summed E-state index contributed by atoms with van der Waals surface area (Å²) in [5, 5.41) is 3.52. The number of hydrogen-bond acceptors (Lipinski definition) is 2. The van der Waals surface area contributed by atoms with Crippen molar-refractivity contribution in [1.29, 1.82) is 0 Å². The van der Waals surface area contributed by atoms with Gasteiger partial charge in [-0.3, -0.25) is 0 Å². The molecule has 1 aromatic carbocycles. The summed E-state index contributed by atoms with van der Waals surface area (Å²) in [6.45, 7) is 5.14. The fraction of sp³-hybridized carbons (Fsp3) is 0.533. The summed E-state index contributed by atoms with van der Waals surface area (Å²) in [5.74, 6) is 0.451. The van der Waals surface area contributed by atoms with Crippen molar-refractivity contribution in [3.05, 3.63) is 29.3 Å². The monoisotopic (exact) mass is 296 g/mol. The number of halogens is 1. The van der Waals surface area contributed by atoms with E-state index in [9.17, 15) is 4.79 Å². The molecule has 1 aromatic rings. The van der Waals surface area contributed by atoms with E-state index >= 15 is 0 Å². The van der Waals surface area contributed by atoms with Crippen LogP contribution in [0.4, 0.5) is 10.5 Å². The number of benzene rings is 1. The van der Waals surface area contributed by atoms with E-state index in [0.717, 1.165) is 44.8 Å².